The van der Waals surface area contributed by atoms with E-state index in [1.165, 1.54) is 20.4 Å². The van der Waals surface area contributed by atoms with E-state index in [0.717, 1.165) is 17.8 Å². The lowest BCUT2D eigenvalue weighted by atomic mass is 10.2. The molecule has 1 aliphatic rings. The summed E-state index contributed by atoms with van der Waals surface area (Å²) in [6.45, 7) is -0.272. The Balaban J connectivity index is 2.14. The Morgan fingerprint density at radius 2 is 2.11 bits per heavy atom. The van der Waals surface area contributed by atoms with Crippen LogP contribution in [0.15, 0.2) is 33.3 Å². The molecule has 28 heavy (non-hydrogen) atoms. The van der Waals surface area contributed by atoms with Crippen LogP contribution in [-0.2, 0) is 19.1 Å². The second kappa shape index (κ2) is 10.1. The third-order valence-electron chi connectivity index (χ3n) is 3.07. The highest BCUT2D eigenvalue weighted by atomic mass is 127. The molecule has 0 spiro atoms. The van der Waals surface area contributed by atoms with Crippen LogP contribution in [0.3, 0.4) is 0 Å². The van der Waals surface area contributed by atoms with Crippen LogP contribution >= 0.6 is 34.4 Å². The van der Waals surface area contributed by atoms with Gasteiger partial charge in [-0.15, -0.1) is 5.10 Å². The van der Waals surface area contributed by atoms with Gasteiger partial charge in [0.05, 0.1) is 28.9 Å². The number of nitrogens with zero attached hydrogens (tertiary/aromatic N) is 2. The number of rotatable bonds is 7. The second-order valence-corrected chi connectivity index (χ2v) is 7.22. The number of esters is 1. The average Bonchev–Trinajstić information content (AvgIpc) is 2.99. The Bertz CT molecular complexity index is 899. The predicted molar refractivity (Wildman–Crippen MR) is 111 cm³/mol. The minimum atomic E-state index is -0.636. The number of benzene rings is 1. The standard InChI is InChI=1S/C16H15IN4O6S/c1-25-10-4-8(3-9(17)14(10)27-7-12(18)22)6-19-21-16-20-15(24)11(28-16)5-13(23)26-2/h3-6H,7H2,1-2H3,(H2,18,22)(H,20,21,24)/b11-5+,19-6?. The zero-order valence-electron chi connectivity index (χ0n) is 14.7. The fourth-order valence-electron chi connectivity index (χ4n) is 1.89. The van der Waals surface area contributed by atoms with Gasteiger partial charge in [-0.3, -0.25) is 14.9 Å². The van der Waals surface area contributed by atoms with Crippen molar-refractivity contribution in [2.45, 2.75) is 0 Å². The molecule has 148 valence electrons. The van der Waals surface area contributed by atoms with E-state index in [-0.39, 0.29) is 16.7 Å². The highest BCUT2D eigenvalue weighted by Crippen LogP contribution is 2.33. The van der Waals surface area contributed by atoms with E-state index in [4.69, 9.17) is 15.2 Å². The van der Waals surface area contributed by atoms with E-state index in [9.17, 15) is 14.4 Å². The maximum absolute atomic E-state index is 11.7. The first kappa shape index (κ1) is 21.7. The van der Waals surface area contributed by atoms with E-state index < -0.39 is 17.8 Å². The molecule has 1 saturated heterocycles. The van der Waals surface area contributed by atoms with Crippen molar-refractivity contribution in [1.82, 2.24) is 5.32 Å². The van der Waals surface area contributed by atoms with Gasteiger partial charge in [0.25, 0.3) is 11.8 Å². The van der Waals surface area contributed by atoms with Crippen LogP contribution in [0.5, 0.6) is 11.5 Å². The number of methoxy groups -OCH3 is 2. The summed E-state index contributed by atoms with van der Waals surface area (Å²) in [5.74, 6) is -0.911. The average molecular weight is 518 g/mol. The molecule has 1 fully saturated rings. The number of hydrogen-bond donors (Lipinski definition) is 2. The molecule has 1 heterocycles. The van der Waals surface area contributed by atoms with Crippen molar-refractivity contribution in [2.24, 2.45) is 15.9 Å². The molecule has 1 aromatic carbocycles. The number of amidine groups is 1. The molecule has 2 rings (SSSR count). The van der Waals surface area contributed by atoms with Crippen molar-refractivity contribution in [3.63, 3.8) is 0 Å². The first-order chi connectivity index (χ1) is 13.3. The second-order valence-electron chi connectivity index (χ2n) is 5.03. The lowest BCUT2D eigenvalue weighted by Crippen LogP contribution is -2.20. The van der Waals surface area contributed by atoms with Gasteiger partial charge in [-0.05, 0) is 52.0 Å². The summed E-state index contributed by atoms with van der Waals surface area (Å²) in [5, 5.41) is 10.5. The van der Waals surface area contributed by atoms with Crippen molar-refractivity contribution < 1.29 is 28.6 Å². The van der Waals surface area contributed by atoms with Gasteiger partial charge in [0.15, 0.2) is 23.3 Å². The highest BCUT2D eigenvalue weighted by molar-refractivity contribution is 14.1. The summed E-state index contributed by atoms with van der Waals surface area (Å²) >= 11 is 2.99. The SMILES string of the molecule is COC(=O)/C=C1/S/C(=N\N=Cc2cc(I)c(OCC(N)=O)c(OC)c2)NC1=O. The fourth-order valence-corrected chi connectivity index (χ4v) is 3.41. The van der Waals surface area contributed by atoms with Crippen LogP contribution in [-0.4, -0.2) is 50.0 Å². The number of carbonyl (C=O) groups is 3. The molecule has 3 N–H and O–H groups in total. The molecule has 0 radical (unpaired) electrons. The van der Waals surface area contributed by atoms with Crippen molar-refractivity contribution in [1.29, 1.82) is 0 Å². The predicted octanol–water partition coefficient (Wildman–Crippen LogP) is 0.774. The molecule has 0 unspecified atom stereocenters. The highest BCUT2D eigenvalue weighted by Gasteiger charge is 2.25. The molecule has 0 bridgehead atoms. The molecule has 2 amide bonds. The topological polar surface area (TPSA) is 142 Å². The maximum atomic E-state index is 11.7. The van der Waals surface area contributed by atoms with E-state index in [0.29, 0.717) is 20.6 Å². The molecule has 0 aromatic heterocycles. The Hall–Kier alpha value is -2.61. The molecule has 0 atom stereocenters. The van der Waals surface area contributed by atoms with Crippen molar-refractivity contribution in [3.05, 3.63) is 32.2 Å². The van der Waals surface area contributed by atoms with Crippen LogP contribution in [0.4, 0.5) is 0 Å². The Morgan fingerprint density at radius 1 is 1.36 bits per heavy atom. The number of amides is 2. The molecule has 1 aromatic rings. The molecule has 0 saturated carbocycles. The van der Waals surface area contributed by atoms with E-state index in [1.54, 1.807) is 12.1 Å². The van der Waals surface area contributed by atoms with Gasteiger partial charge < -0.3 is 19.9 Å². The van der Waals surface area contributed by atoms with E-state index >= 15 is 0 Å². The number of thioether (sulfide) groups is 1. The summed E-state index contributed by atoms with van der Waals surface area (Å²) in [5.41, 5.74) is 5.74. The maximum Gasteiger partial charge on any atom is 0.331 e. The number of ether oxygens (including phenoxy) is 3. The molecule has 12 heteroatoms. The number of nitrogens with two attached hydrogens (primary N) is 1. The summed E-state index contributed by atoms with van der Waals surface area (Å²) < 4.78 is 15.8. The smallest absolute Gasteiger partial charge is 0.331 e. The van der Waals surface area contributed by atoms with Gasteiger partial charge in [0.2, 0.25) is 0 Å². The first-order valence-corrected chi connectivity index (χ1v) is 9.42. The van der Waals surface area contributed by atoms with Crippen LogP contribution < -0.4 is 20.5 Å². The Labute approximate surface area is 177 Å². The Kier molecular flexibility index (Phi) is 7.80. The summed E-state index contributed by atoms with van der Waals surface area (Å²) in [4.78, 5) is 34.0. The lowest BCUT2D eigenvalue weighted by molar-refractivity contribution is -0.135. The quantitative estimate of drug-likeness (QED) is 0.179. The number of carbonyl (C=O) groups excluding carboxylic acids is 3. The summed E-state index contributed by atoms with van der Waals surface area (Å²) in [7, 11) is 2.68. The van der Waals surface area contributed by atoms with Gasteiger partial charge in [-0.25, -0.2) is 4.79 Å². The molecular formula is C16H15IN4O6S. The largest absolute Gasteiger partial charge is 0.493 e. The molecule has 10 nitrogen and oxygen atoms in total. The number of primary amides is 1. The number of halogens is 1. The van der Waals surface area contributed by atoms with Gasteiger partial charge in [0.1, 0.15) is 0 Å². The fraction of sp³-hybridized carbons (Fsp3) is 0.188. The van der Waals surface area contributed by atoms with Crippen LogP contribution in [0.25, 0.3) is 0 Å². The third-order valence-corrected chi connectivity index (χ3v) is 4.77. The zero-order chi connectivity index (χ0) is 20.7. The zero-order valence-corrected chi connectivity index (χ0v) is 17.7. The van der Waals surface area contributed by atoms with Crippen molar-refractivity contribution in [3.8, 4) is 11.5 Å². The monoisotopic (exact) mass is 518 g/mol. The lowest BCUT2D eigenvalue weighted by Gasteiger charge is -2.12. The minimum absolute atomic E-state index is 0.160. The van der Waals surface area contributed by atoms with Gasteiger partial charge in [0, 0.05) is 6.08 Å². The normalized spacial score (nSPS) is 16.5. The Morgan fingerprint density at radius 3 is 2.75 bits per heavy atom. The summed E-state index contributed by atoms with van der Waals surface area (Å²) in [6, 6.07) is 3.39. The van der Waals surface area contributed by atoms with Crippen molar-refractivity contribution in [2.75, 3.05) is 20.8 Å². The molecule has 1 aliphatic heterocycles. The van der Waals surface area contributed by atoms with E-state index in [2.05, 4.69) is 20.3 Å². The van der Waals surface area contributed by atoms with Gasteiger partial charge in [-0.2, -0.15) is 5.10 Å². The molecular weight excluding hydrogens is 503 g/mol. The van der Waals surface area contributed by atoms with Crippen LogP contribution in [0, 0.1) is 3.57 Å². The van der Waals surface area contributed by atoms with Gasteiger partial charge >= 0.3 is 5.97 Å². The third kappa shape index (κ3) is 5.95. The number of hydrogen-bond acceptors (Lipinski definition) is 9. The van der Waals surface area contributed by atoms with Crippen LogP contribution in [0.2, 0.25) is 0 Å². The van der Waals surface area contributed by atoms with Crippen molar-refractivity contribution >= 4 is 63.5 Å². The minimum Gasteiger partial charge on any atom is -0.493 e. The first-order valence-electron chi connectivity index (χ1n) is 7.52. The van der Waals surface area contributed by atoms with E-state index in [1.807, 2.05) is 22.6 Å². The molecule has 0 aliphatic carbocycles. The van der Waals surface area contributed by atoms with Crippen LogP contribution in [0.1, 0.15) is 5.56 Å². The summed E-state index contributed by atoms with van der Waals surface area (Å²) in [6.07, 6.45) is 2.52. The van der Waals surface area contributed by atoms with Gasteiger partial charge in [-0.1, -0.05) is 0 Å². The number of nitrogens with one attached hydrogen (secondary N) is 1.